The fraction of sp³-hybridized carbons (Fsp3) is 0.552. The second-order valence-corrected chi connectivity index (χ2v) is 9.50. The molecule has 0 aromatic heterocycles. The van der Waals surface area contributed by atoms with Gasteiger partial charge >= 0.3 is 0 Å². The van der Waals surface area contributed by atoms with Crippen LogP contribution < -0.4 is 4.74 Å². The van der Waals surface area contributed by atoms with Gasteiger partial charge < -0.3 is 4.74 Å². The van der Waals surface area contributed by atoms with Crippen molar-refractivity contribution in [2.45, 2.75) is 84.0 Å². The normalized spacial score (nSPS) is 21.9. The lowest BCUT2D eigenvalue weighted by atomic mass is 9.63. The van der Waals surface area contributed by atoms with E-state index in [9.17, 15) is 5.26 Å². The summed E-state index contributed by atoms with van der Waals surface area (Å²) in [4.78, 5) is 0. The zero-order valence-corrected chi connectivity index (χ0v) is 19.7. The van der Waals surface area contributed by atoms with Gasteiger partial charge in [-0.25, -0.2) is 0 Å². The quantitative estimate of drug-likeness (QED) is 0.363. The molecule has 0 N–H and O–H groups in total. The van der Waals surface area contributed by atoms with Crippen LogP contribution in [0.1, 0.15) is 89.5 Å². The Kier molecular flexibility index (Phi) is 8.59. The lowest BCUT2D eigenvalue weighted by molar-refractivity contribution is 0.154. The maximum atomic E-state index is 10.1. The first-order chi connectivity index (χ1) is 15.1. The second kappa shape index (κ2) is 11.4. The van der Waals surface area contributed by atoms with Crippen molar-refractivity contribution in [1.82, 2.24) is 0 Å². The van der Waals surface area contributed by atoms with Gasteiger partial charge in [0.25, 0.3) is 0 Å². The Bertz CT molecular complexity index is 823. The van der Waals surface area contributed by atoms with Crippen molar-refractivity contribution in [2.24, 2.45) is 11.3 Å². The first-order valence-electron chi connectivity index (χ1n) is 12.3. The summed E-state index contributed by atoms with van der Waals surface area (Å²) in [7, 11) is 1.70. The minimum Gasteiger partial charge on any atom is -0.497 e. The van der Waals surface area contributed by atoms with Gasteiger partial charge in [-0.05, 0) is 72.8 Å². The maximum absolute atomic E-state index is 10.1. The molecule has 0 aliphatic heterocycles. The molecule has 0 saturated heterocycles. The summed E-state index contributed by atoms with van der Waals surface area (Å²) in [5.41, 5.74) is 3.78. The molecule has 1 aliphatic carbocycles. The van der Waals surface area contributed by atoms with E-state index < -0.39 is 0 Å². The molecule has 1 unspecified atom stereocenters. The third-order valence-corrected chi connectivity index (χ3v) is 7.59. The van der Waals surface area contributed by atoms with Crippen LogP contribution in [0.15, 0.2) is 48.5 Å². The molecule has 2 aromatic rings. The van der Waals surface area contributed by atoms with E-state index in [2.05, 4.69) is 56.3 Å². The predicted molar refractivity (Wildman–Crippen MR) is 130 cm³/mol. The number of hydrogen-bond donors (Lipinski definition) is 0. The molecule has 2 nitrogen and oxygen atoms in total. The van der Waals surface area contributed by atoms with Crippen LogP contribution in [0, 0.1) is 22.7 Å². The van der Waals surface area contributed by atoms with Crippen molar-refractivity contribution in [3.05, 3.63) is 54.1 Å². The average molecular weight is 418 g/mol. The number of rotatable bonds is 10. The van der Waals surface area contributed by atoms with Gasteiger partial charge in [0.1, 0.15) is 5.75 Å². The van der Waals surface area contributed by atoms with Gasteiger partial charge in [-0.15, -0.1) is 0 Å². The topological polar surface area (TPSA) is 33.0 Å². The molecular formula is C29H39NO. The highest BCUT2D eigenvalue weighted by atomic mass is 16.5. The van der Waals surface area contributed by atoms with E-state index >= 15 is 0 Å². The molecule has 1 atom stereocenters. The average Bonchev–Trinajstić information content (AvgIpc) is 2.84. The summed E-state index contributed by atoms with van der Waals surface area (Å²) >= 11 is 0. The smallest absolute Gasteiger partial charge is 0.118 e. The number of methoxy groups -OCH3 is 1. The number of nitriles is 1. The third-order valence-electron chi connectivity index (χ3n) is 7.59. The van der Waals surface area contributed by atoms with E-state index in [1.807, 2.05) is 12.1 Å². The molecule has 31 heavy (non-hydrogen) atoms. The van der Waals surface area contributed by atoms with Gasteiger partial charge in [0, 0.05) is 0 Å². The van der Waals surface area contributed by atoms with E-state index in [1.165, 1.54) is 55.2 Å². The Morgan fingerprint density at radius 3 is 2.06 bits per heavy atom. The van der Waals surface area contributed by atoms with Crippen LogP contribution in [-0.4, -0.2) is 7.11 Å². The Morgan fingerprint density at radius 1 is 0.935 bits per heavy atom. The molecule has 0 bridgehead atoms. The van der Waals surface area contributed by atoms with Crippen LogP contribution in [0.25, 0.3) is 11.1 Å². The van der Waals surface area contributed by atoms with Crippen molar-refractivity contribution in [3.8, 4) is 22.9 Å². The van der Waals surface area contributed by atoms with Crippen LogP contribution in [-0.2, 0) is 0 Å². The number of unbranched alkanes of at least 4 members (excludes halogenated alkanes) is 4. The Balaban J connectivity index is 1.55. The molecular weight excluding hydrogens is 378 g/mol. The second-order valence-electron chi connectivity index (χ2n) is 9.50. The Morgan fingerprint density at radius 2 is 1.52 bits per heavy atom. The van der Waals surface area contributed by atoms with Crippen LogP contribution >= 0.6 is 0 Å². The van der Waals surface area contributed by atoms with E-state index in [0.717, 1.165) is 31.4 Å². The largest absolute Gasteiger partial charge is 0.497 e. The van der Waals surface area contributed by atoms with Crippen LogP contribution in [0.5, 0.6) is 5.75 Å². The van der Waals surface area contributed by atoms with Crippen molar-refractivity contribution in [2.75, 3.05) is 7.11 Å². The SMILES string of the molecule is CCCCCCCC(C)C1(C#N)CCC(c2ccc(-c3ccc(OC)cc3)cc2)CC1. The standard InChI is InChI=1S/C29H39NO/c1-4-5-6-7-8-9-23(2)29(22-30)20-18-27(19-21-29)25-12-10-24(11-13-25)26-14-16-28(31-3)17-15-26/h10-17,23,27H,4-9,18-21H2,1-3H3. The Hall–Kier alpha value is -2.27. The van der Waals surface area contributed by atoms with Gasteiger partial charge in [-0.1, -0.05) is 82.3 Å². The molecule has 2 heteroatoms. The van der Waals surface area contributed by atoms with E-state index in [4.69, 9.17) is 4.74 Å². The first kappa shape index (κ1) is 23.4. The summed E-state index contributed by atoms with van der Waals surface area (Å²) < 4.78 is 5.26. The lowest BCUT2D eigenvalue weighted by Crippen LogP contribution is -2.32. The zero-order chi connectivity index (χ0) is 22.1. The van der Waals surface area contributed by atoms with Gasteiger partial charge in [-0.2, -0.15) is 5.26 Å². The summed E-state index contributed by atoms with van der Waals surface area (Å²) in [5.74, 6) is 1.99. The highest BCUT2D eigenvalue weighted by Crippen LogP contribution is 2.48. The number of benzene rings is 2. The van der Waals surface area contributed by atoms with E-state index in [0.29, 0.717) is 11.8 Å². The fourth-order valence-corrected chi connectivity index (χ4v) is 5.24. The van der Waals surface area contributed by atoms with Crippen molar-refractivity contribution in [3.63, 3.8) is 0 Å². The molecule has 1 saturated carbocycles. The Labute approximate surface area is 189 Å². The van der Waals surface area contributed by atoms with Crippen LogP contribution in [0.3, 0.4) is 0 Å². The summed E-state index contributed by atoms with van der Waals surface area (Å²) in [5, 5.41) is 10.1. The third kappa shape index (κ3) is 5.91. The van der Waals surface area contributed by atoms with Crippen molar-refractivity contribution < 1.29 is 4.74 Å². The monoisotopic (exact) mass is 417 g/mol. The molecule has 166 valence electrons. The molecule has 1 fully saturated rings. The summed E-state index contributed by atoms with van der Waals surface area (Å²) in [6.07, 6.45) is 12.1. The van der Waals surface area contributed by atoms with Gasteiger partial charge in [0.2, 0.25) is 0 Å². The fourth-order valence-electron chi connectivity index (χ4n) is 5.24. The van der Waals surface area contributed by atoms with Crippen LogP contribution in [0.2, 0.25) is 0 Å². The summed E-state index contributed by atoms with van der Waals surface area (Å²) in [6, 6.07) is 20.1. The first-order valence-corrected chi connectivity index (χ1v) is 12.3. The molecule has 0 radical (unpaired) electrons. The molecule has 1 aliphatic rings. The van der Waals surface area contributed by atoms with Gasteiger partial charge in [0.05, 0.1) is 18.6 Å². The van der Waals surface area contributed by atoms with E-state index in [1.54, 1.807) is 7.11 Å². The maximum Gasteiger partial charge on any atom is 0.118 e. The summed E-state index contributed by atoms with van der Waals surface area (Å²) in [6.45, 7) is 4.59. The number of ether oxygens (including phenoxy) is 1. The number of hydrogen-bond acceptors (Lipinski definition) is 2. The van der Waals surface area contributed by atoms with Gasteiger partial charge in [-0.3, -0.25) is 0 Å². The van der Waals surface area contributed by atoms with Crippen LogP contribution in [0.4, 0.5) is 0 Å². The minimum atomic E-state index is -0.107. The predicted octanol–water partition coefficient (Wildman–Crippen LogP) is 8.53. The molecule has 3 rings (SSSR count). The highest BCUT2D eigenvalue weighted by molar-refractivity contribution is 5.64. The molecule has 0 heterocycles. The molecule has 2 aromatic carbocycles. The van der Waals surface area contributed by atoms with Crippen molar-refractivity contribution >= 4 is 0 Å². The molecule has 0 spiro atoms. The molecule has 0 amide bonds. The lowest BCUT2D eigenvalue weighted by Gasteiger charge is -2.39. The zero-order valence-electron chi connectivity index (χ0n) is 19.7. The number of nitrogens with zero attached hydrogens (tertiary/aromatic N) is 1. The van der Waals surface area contributed by atoms with E-state index in [-0.39, 0.29) is 5.41 Å². The highest BCUT2D eigenvalue weighted by Gasteiger charge is 2.40. The minimum absolute atomic E-state index is 0.107. The van der Waals surface area contributed by atoms with Crippen molar-refractivity contribution in [1.29, 1.82) is 5.26 Å². The van der Waals surface area contributed by atoms with Gasteiger partial charge in [0.15, 0.2) is 0 Å².